The summed E-state index contributed by atoms with van der Waals surface area (Å²) in [5.74, 6) is 1.78. The number of nitrogens with one attached hydrogen (secondary N) is 1. The predicted octanol–water partition coefficient (Wildman–Crippen LogP) is 2.61. The van der Waals surface area contributed by atoms with E-state index in [2.05, 4.69) is 15.3 Å². The molecule has 0 aliphatic carbocycles. The highest BCUT2D eigenvalue weighted by atomic mass is 16.6. The maximum Gasteiger partial charge on any atom is 0.415 e. The van der Waals surface area contributed by atoms with Crippen molar-refractivity contribution >= 4 is 17.9 Å². The lowest BCUT2D eigenvalue weighted by Crippen LogP contribution is -2.25. The van der Waals surface area contributed by atoms with Crippen LogP contribution in [0.15, 0.2) is 36.5 Å². The van der Waals surface area contributed by atoms with Crippen LogP contribution < -0.4 is 15.0 Å². The van der Waals surface area contributed by atoms with E-state index in [1.807, 2.05) is 31.2 Å². The van der Waals surface area contributed by atoms with Crippen molar-refractivity contribution in [3.63, 3.8) is 0 Å². The van der Waals surface area contributed by atoms with Crippen LogP contribution in [0, 0.1) is 0 Å². The second kappa shape index (κ2) is 6.51. The number of cyclic esters (lactones) is 1. The van der Waals surface area contributed by atoms with Gasteiger partial charge < -0.3 is 14.8 Å². The largest absolute Gasteiger partial charge is 0.497 e. The van der Waals surface area contributed by atoms with Crippen molar-refractivity contribution in [1.29, 1.82) is 0 Å². The van der Waals surface area contributed by atoms with Crippen molar-refractivity contribution in [2.75, 3.05) is 30.5 Å². The molecule has 23 heavy (non-hydrogen) atoms. The summed E-state index contributed by atoms with van der Waals surface area (Å²) in [5.41, 5.74) is 1.05. The van der Waals surface area contributed by atoms with E-state index in [-0.39, 0.29) is 12.1 Å². The van der Waals surface area contributed by atoms with Gasteiger partial charge in [0.25, 0.3) is 0 Å². The first-order valence-electron chi connectivity index (χ1n) is 7.35. The first-order valence-corrected chi connectivity index (χ1v) is 7.35. The van der Waals surface area contributed by atoms with Crippen molar-refractivity contribution < 1.29 is 14.3 Å². The second-order valence-corrected chi connectivity index (χ2v) is 5.15. The number of rotatable bonds is 5. The minimum absolute atomic E-state index is 0.00844. The Morgan fingerprint density at radius 3 is 3.00 bits per heavy atom. The summed E-state index contributed by atoms with van der Waals surface area (Å²) >= 11 is 0. The van der Waals surface area contributed by atoms with Crippen molar-refractivity contribution in [2.24, 2.45) is 0 Å². The van der Waals surface area contributed by atoms with Crippen LogP contribution in [0.3, 0.4) is 0 Å². The fraction of sp³-hybridized carbons (Fsp3) is 0.312. The van der Waals surface area contributed by atoms with Crippen molar-refractivity contribution in [3.05, 3.63) is 42.1 Å². The van der Waals surface area contributed by atoms with Gasteiger partial charge >= 0.3 is 6.09 Å². The van der Waals surface area contributed by atoms with Gasteiger partial charge in [-0.1, -0.05) is 12.1 Å². The Kier molecular flexibility index (Phi) is 4.27. The number of nitrogens with zero attached hydrogens (tertiary/aromatic N) is 3. The maximum atomic E-state index is 11.6. The zero-order valence-corrected chi connectivity index (χ0v) is 13.0. The zero-order valence-electron chi connectivity index (χ0n) is 13.0. The number of benzene rings is 1. The van der Waals surface area contributed by atoms with Crippen molar-refractivity contribution in [3.8, 4) is 5.75 Å². The Labute approximate surface area is 134 Å². The number of methoxy groups -OCH3 is 1. The van der Waals surface area contributed by atoms with Crippen LogP contribution >= 0.6 is 0 Å². The lowest BCUT2D eigenvalue weighted by Gasteiger charge is -2.17. The van der Waals surface area contributed by atoms with E-state index in [0.717, 1.165) is 11.3 Å². The van der Waals surface area contributed by atoms with Gasteiger partial charge in [0, 0.05) is 6.20 Å². The molecule has 1 N–H and O–H groups in total. The van der Waals surface area contributed by atoms with Crippen LogP contribution in [0.1, 0.15) is 18.5 Å². The molecule has 0 radical (unpaired) electrons. The molecule has 1 aliphatic rings. The molecule has 7 heteroatoms. The molecule has 2 aromatic rings. The molecular formula is C16H18N4O3. The highest BCUT2D eigenvalue weighted by Crippen LogP contribution is 2.22. The first-order chi connectivity index (χ1) is 11.2. The molecule has 3 rings (SSSR count). The number of anilines is 2. The number of amides is 1. The minimum atomic E-state index is -0.379. The highest BCUT2D eigenvalue weighted by molar-refractivity contribution is 5.88. The number of aromatic nitrogens is 2. The monoisotopic (exact) mass is 314 g/mol. The van der Waals surface area contributed by atoms with E-state index in [4.69, 9.17) is 9.47 Å². The molecule has 1 saturated heterocycles. The molecular weight excluding hydrogens is 296 g/mol. The van der Waals surface area contributed by atoms with E-state index in [0.29, 0.717) is 24.9 Å². The topological polar surface area (TPSA) is 76.6 Å². The standard InChI is InChI=1S/C16H18N4O3/c1-11(12-4-3-5-13(10-12)22-2)18-15-17-7-6-14(19-15)20-8-9-23-16(20)21/h3-7,10-11H,8-9H2,1-2H3,(H,17,18,19)/t11-/m1/s1. The number of carbonyl (C=O) groups excluding carboxylic acids is 1. The number of carbonyl (C=O) groups is 1. The van der Waals surface area contributed by atoms with Gasteiger partial charge in [0.2, 0.25) is 5.95 Å². The molecule has 2 heterocycles. The summed E-state index contributed by atoms with van der Waals surface area (Å²) in [7, 11) is 1.64. The van der Waals surface area contributed by atoms with Crippen molar-refractivity contribution in [2.45, 2.75) is 13.0 Å². The summed E-state index contributed by atoms with van der Waals surface area (Å²) in [5, 5.41) is 3.23. The molecule has 120 valence electrons. The van der Waals surface area contributed by atoms with Gasteiger partial charge in [0.05, 0.1) is 19.7 Å². The van der Waals surface area contributed by atoms with Gasteiger partial charge in [0.15, 0.2) is 0 Å². The Balaban J connectivity index is 1.75. The quantitative estimate of drug-likeness (QED) is 0.914. The zero-order chi connectivity index (χ0) is 16.2. The Morgan fingerprint density at radius 1 is 1.39 bits per heavy atom. The molecule has 1 aromatic heterocycles. The maximum absolute atomic E-state index is 11.6. The number of hydrogen-bond acceptors (Lipinski definition) is 6. The summed E-state index contributed by atoms with van der Waals surface area (Å²) in [4.78, 5) is 21.7. The predicted molar refractivity (Wildman–Crippen MR) is 85.8 cm³/mol. The molecule has 1 atom stereocenters. The van der Waals surface area contributed by atoms with E-state index in [9.17, 15) is 4.79 Å². The Morgan fingerprint density at radius 2 is 2.26 bits per heavy atom. The van der Waals surface area contributed by atoms with E-state index in [1.54, 1.807) is 19.4 Å². The van der Waals surface area contributed by atoms with Crippen LogP contribution in [0.2, 0.25) is 0 Å². The number of hydrogen-bond donors (Lipinski definition) is 1. The molecule has 1 amide bonds. The summed E-state index contributed by atoms with van der Waals surface area (Å²) in [6, 6.07) is 9.47. The fourth-order valence-electron chi connectivity index (χ4n) is 2.36. The van der Waals surface area contributed by atoms with Gasteiger partial charge in [0.1, 0.15) is 18.2 Å². The van der Waals surface area contributed by atoms with Gasteiger partial charge in [-0.05, 0) is 30.7 Å². The highest BCUT2D eigenvalue weighted by Gasteiger charge is 2.25. The van der Waals surface area contributed by atoms with E-state index < -0.39 is 0 Å². The molecule has 0 saturated carbocycles. The van der Waals surface area contributed by atoms with Crippen LogP contribution in [0.4, 0.5) is 16.6 Å². The molecule has 0 bridgehead atoms. The lowest BCUT2D eigenvalue weighted by atomic mass is 10.1. The molecule has 1 aromatic carbocycles. The summed E-state index contributed by atoms with van der Waals surface area (Å²) in [6.45, 7) is 2.89. The summed E-state index contributed by atoms with van der Waals surface area (Å²) < 4.78 is 10.2. The lowest BCUT2D eigenvalue weighted by molar-refractivity contribution is 0.181. The molecule has 7 nitrogen and oxygen atoms in total. The third kappa shape index (κ3) is 3.33. The first kappa shape index (κ1) is 15.1. The molecule has 1 fully saturated rings. The van der Waals surface area contributed by atoms with Crippen LogP contribution in [0.25, 0.3) is 0 Å². The third-order valence-electron chi connectivity index (χ3n) is 3.62. The van der Waals surface area contributed by atoms with E-state index in [1.165, 1.54) is 4.90 Å². The molecule has 1 aliphatic heterocycles. The van der Waals surface area contributed by atoms with Crippen molar-refractivity contribution in [1.82, 2.24) is 9.97 Å². The third-order valence-corrected chi connectivity index (χ3v) is 3.62. The van der Waals surface area contributed by atoms with Crippen LogP contribution in [-0.4, -0.2) is 36.3 Å². The SMILES string of the molecule is COc1cccc([C@@H](C)Nc2nccc(N3CCOC3=O)n2)c1. The molecule has 0 spiro atoms. The Bertz CT molecular complexity index is 707. The fourth-order valence-corrected chi connectivity index (χ4v) is 2.36. The molecule has 0 unspecified atom stereocenters. The summed E-state index contributed by atoms with van der Waals surface area (Å²) in [6.07, 6.45) is 1.24. The van der Waals surface area contributed by atoms with Crippen LogP contribution in [-0.2, 0) is 4.74 Å². The van der Waals surface area contributed by atoms with Gasteiger partial charge in [-0.25, -0.2) is 9.78 Å². The minimum Gasteiger partial charge on any atom is -0.497 e. The number of ether oxygens (including phenoxy) is 2. The smallest absolute Gasteiger partial charge is 0.415 e. The van der Waals surface area contributed by atoms with E-state index >= 15 is 0 Å². The van der Waals surface area contributed by atoms with Gasteiger partial charge in [-0.2, -0.15) is 4.98 Å². The van der Waals surface area contributed by atoms with Gasteiger partial charge in [-0.3, -0.25) is 4.90 Å². The van der Waals surface area contributed by atoms with Crippen LogP contribution in [0.5, 0.6) is 5.75 Å². The average molecular weight is 314 g/mol. The van der Waals surface area contributed by atoms with Gasteiger partial charge in [-0.15, -0.1) is 0 Å². The average Bonchev–Trinajstić information content (AvgIpc) is 3.01. The normalized spacial score (nSPS) is 15.2. The second-order valence-electron chi connectivity index (χ2n) is 5.15. The Hall–Kier alpha value is -2.83.